The van der Waals surface area contributed by atoms with Crippen molar-refractivity contribution in [3.63, 3.8) is 0 Å². The summed E-state index contributed by atoms with van der Waals surface area (Å²) in [6.45, 7) is 2.10. The summed E-state index contributed by atoms with van der Waals surface area (Å²) >= 11 is 0. The Kier molecular flexibility index (Phi) is 6.19. The molecule has 1 aliphatic heterocycles. The van der Waals surface area contributed by atoms with Crippen LogP contribution in [0.4, 0.5) is 5.82 Å². The number of rotatable bonds is 5. The van der Waals surface area contributed by atoms with Gasteiger partial charge in [-0.1, -0.05) is 55.3 Å². The molecular weight excluding hydrogens is 374 g/mol. The topological polar surface area (TPSA) is 81.9 Å². The Hall–Kier alpha value is -3.46. The van der Waals surface area contributed by atoms with Crippen LogP contribution in [0.1, 0.15) is 42.9 Å². The fourth-order valence-corrected chi connectivity index (χ4v) is 3.84. The van der Waals surface area contributed by atoms with Gasteiger partial charge in [-0.15, -0.1) is 0 Å². The van der Waals surface area contributed by atoms with Crippen LogP contribution in [0.25, 0.3) is 11.0 Å². The van der Waals surface area contributed by atoms with E-state index in [4.69, 9.17) is 9.97 Å². The summed E-state index contributed by atoms with van der Waals surface area (Å²) in [7, 11) is 0. The maximum atomic E-state index is 13.0. The van der Waals surface area contributed by atoms with Crippen molar-refractivity contribution in [2.75, 3.05) is 18.0 Å². The lowest BCUT2D eigenvalue weighted by Gasteiger charge is -2.25. The van der Waals surface area contributed by atoms with Gasteiger partial charge < -0.3 is 10.2 Å². The normalized spacial score (nSPS) is 15.2. The zero-order valence-corrected chi connectivity index (χ0v) is 16.9. The molecule has 152 valence electrons. The lowest BCUT2D eigenvalue weighted by atomic mass is 10.0. The molecule has 1 N–H and O–H groups in total. The molecule has 4 rings (SSSR count). The Labute approximate surface area is 176 Å². The number of carbonyl (C=O) groups is 1. The van der Waals surface area contributed by atoms with Crippen LogP contribution >= 0.6 is 0 Å². The standard InChI is InChI=1S/C24H25N5O/c25-16-19(24(30)26-17-18-10-4-3-5-11-18)22-23(29-14-8-1-2-9-15-29)28-21-13-7-6-12-20(21)27-22/h3-7,10-13,19H,1-2,8-9,14-15,17H2,(H,26,30). The number of amides is 1. The number of fused-ring (bicyclic) bond motifs is 1. The third kappa shape index (κ3) is 4.41. The van der Waals surface area contributed by atoms with Gasteiger partial charge in [0, 0.05) is 19.6 Å². The third-order valence-corrected chi connectivity index (χ3v) is 5.46. The van der Waals surface area contributed by atoms with Crippen LogP contribution in [0.3, 0.4) is 0 Å². The predicted octanol–water partition coefficient (Wildman–Crippen LogP) is 3.93. The van der Waals surface area contributed by atoms with Gasteiger partial charge in [-0.05, 0) is 30.5 Å². The van der Waals surface area contributed by atoms with E-state index in [-0.39, 0.29) is 5.91 Å². The highest BCUT2D eigenvalue weighted by Crippen LogP contribution is 2.29. The van der Waals surface area contributed by atoms with Crippen molar-refractivity contribution in [3.8, 4) is 6.07 Å². The van der Waals surface area contributed by atoms with E-state index in [1.807, 2.05) is 54.6 Å². The first-order valence-corrected chi connectivity index (χ1v) is 10.5. The van der Waals surface area contributed by atoms with E-state index in [2.05, 4.69) is 16.3 Å². The molecule has 1 unspecified atom stereocenters. The molecule has 1 amide bonds. The van der Waals surface area contributed by atoms with E-state index >= 15 is 0 Å². The van der Waals surface area contributed by atoms with E-state index in [1.54, 1.807) is 0 Å². The van der Waals surface area contributed by atoms with Gasteiger partial charge in [-0.2, -0.15) is 5.26 Å². The van der Waals surface area contributed by atoms with E-state index in [0.717, 1.165) is 37.0 Å². The first kappa shape index (κ1) is 19.8. The fraction of sp³-hybridized carbons (Fsp3) is 0.333. The quantitative estimate of drug-likeness (QED) is 0.703. The van der Waals surface area contributed by atoms with Gasteiger partial charge in [0.05, 0.1) is 17.1 Å². The summed E-state index contributed by atoms with van der Waals surface area (Å²) in [5.41, 5.74) is 2.91. The van der Waals surface area contributed by atoms with E-state index < -0.39 is 5.92 Å². The number of nitrogens with zero attached hydrogens (tertiary/aromatic N) is 4. The number of hydrogen-bond donors (Lipinski definition) is 1. The van der Waals surface area contributed by atoms with Crippen LogP contribution < -0.4 is 10.2 Å². The van der Waals surface area contributed by atoms with Crippen LogP contribution in [0.2, 0.25) is 0 Å². The number of carbonyl (C=O) groups excluding carboxylic acids is 1. The molecule has 3 aromatic rings. The van der Waals surface area contributed by atoms with Crippen LogP contribution in [0, 0.1) is 11.3 Å². The van der Waals surface area contributed by atoms with Crippen LogP contribution in [-0.2, 0) is 11.3 Å². The predicted molar refractivity (Wildman–Crippen MR) is 117 cm³/mol. The van der Waals surface area contributed by atoms with Gasteiger partial charge in [0.1, 0.15) is 5.69 Å². The van der Waals surface area contributed by atoms with Crippen LogP contribution in [-0.4, -0.2) is 29.0 Å². The van der Waals surface area contributed by atoms with Crippen LogP contribution in [0.5, 0.6) is 0 Å². The Balaban J connectivity index is 1.67. The number of benzene rings is 2. The molecule has 0 saturated carbocycles. The highest BCUT2D eigenvalue weighted by molar-refractivity contribution is 5.88. The van der Waals surface area contributed by atoms with Crippen molar-refractivity contribution in [1.29, 1.82) is 5.26 Å². The van der Waals surface area contributed by atoms with Crippen molar-refractivity contribution in [2.24, 2.45) is 0 Å². The lowest BCUT2D eigenvalue weighted by molar-refractivity contribution is -0.121. The molecule has 1 aliphatic rings. The highest BCUT2D eigenvalue weighted by Gasteiger charge is 2.29. The summed E-state index contributed by atoms with van der Waals surface area (Å²) < 4.78 is 0. The maximum Gasteiger partial charge on any atom is 0.243 e. The number of anilines is 1. The number of nitriles is 1. The van der Waals surface area contributed by atoms with Crippen molar-refractivity contribution < 1.29 is 4.79 Å². The number of aromatic nitrogens is 2. The molecule has 0 bridgehead atoms. The summed E-state index contributed by atoms with van der Waals surface area (Å²) in [5, 5.41) is 12.8. The van der Waals surface area contributed by atoms with Gasteiger partial charge in [-0.3, -0.25) is 4.79 Å². The monoisotopic (exact) mass is 399 g/mol. The van der Waals surface area contributed by atoms with Gasteiger partial charge in [-0.25, -0.2) is 9.97 Å². The summed E-state index contributed by atoms with van der Waals surface area (Å²) in [6.07, 6.45) is 4.52. The minimum absolute atomic E-state index is 0.345. The second-order valence-corrected chi connectivity index (χ2v) is 7.59. The van der Waals surface area contributed by atoms with Crippen molar-refractivity contribution in [3.05, 3.63) is 65.9 Å². The zero-order chi connectivity index (χ0) is 20.8. The molecule has 2 heterocycles. The largest absolute Gasteiger partial charge is 0.355 e. The fourth-order valence-electron chi connectivity index (χ4n) is 3.84. The average Bonchev–Trinajstić information content (AvgIpc) is 3.08. The lowest BCUT2D eigenvalue weighted by Crippen LogP contribution is -2.32. The Morgan fingerprint density at radius 2 is 1.60 bits per heavy atom. The van der Waals surface area contributed by atoms with Gasteiger partial charge in [0.2, 0.25) is 5.91 Å². The van der Waals surface area contributed by atoms with E-state index in [1.165, 1.54) is 12.8 Å². The van der Waals surface area contributed by atoms with E-state index in [0.29, 0.717) is 23.6 Å². The van der Waals surface area contributed by atoms with Gasteiger partial charge in [0.25, 0.3) is 0 Å². The SMILES string of the molecule is N#CC(C(=O)NCc1ccccc1)c1nc2ccccc2nc1N1CCCCCC1. The smallest absolute Gasteiger partial charge is 0.243 e. The molecule has 30 heavy (non-hydrogen) atoms. The Bertz CT molecular complexity index is 1050. The first-order valence-electron chi connectivity index (χ1n) is 10.5. The second kappa shape index (κ2) is 9.36. The summed E-state index contributed by atoms with van der Waals surface area (Å²) in [6, 6.07) is 19.5. The molecular formula is C24H25N5O. The number of para-hydroxylation sites is 2. The van der Waals surface area contributed by atoms with Gasteiger partial charge >= 0.3 is 0 Å². The van der Waals surface area contributed by atoms with Crippen molar-refractivity contribution in [2.45, 2.75) is 38.1 Å². The third-order valence-electron chi connectivity index (χ3n) is 5.46. The molecule has 0 radical (unpaired) electrons. The van der Waals surface area contributed by atoms with Crippen molar-refractivity contribution >= 4 is 22.8 Å². The second-order valence-electron chi connectivity index (χ2n) is 7.59. The Morgan fingerprint density at radius 1 is 0.967 bits per heavy atom. The Morgan fingerprint density at radius 3 is 2.27 bits per heavy atom. The molecule has 6 nitrogen and oxygen atoms in total. The average molecular weight is 399 g/mol. The molecule has 0 aliphatic carbocycles. The zero-order valence-electron chi connectivity index (χ0n) is 16.9. The molecule has 1 aromatic heterocycles. The van der Waals surface area contributed by atoms with Crippen LogP contribution in [0.15, 0.2) is 54.6 Å². The first-order chi connectivity index (χ1) is 14.8. The molecule has 6 heteroatoms. The minimum atomic E-state index is -1.01. The molecule has 0 spiro atoms. The molecule has 1 fully saturated rings. The maximum absolute atomic E-state index is 13.0. The van der Waals surface area contributed by atoms with Crippen molar-refractivity contribution in [1.82, 2.24) is 15.3 Å². The molecule has 2 aromatic carbocycles. The highest BCUT2D eigenvalue weighted by atomic mass is 16.1. The number of nitrogens with one attached hydrogen (secondary N) is 1. The number of hydrogen-bond acceptors (Lipinski definition) is 5. The minimum Gasteiger partial charge on any atom is -0.355 e. The van der Waals surface area contributed by atoms with Gasteiger partial charge in [0.15, 0.2) is 11.7 Å². The summed E-state index contributed by atoms with van der Waals surface area (Å²) in [5.74, 6) is -0.692. The van der Waals surface area contributed by atoms with E-state index in [9.17, 15) is 10.1 Å². The summed E-state index contributed by atoms with van der Waals surface area (Å²) in [4.78, 5) is 24.7. The molecule has 1 atom stereocenters. The molecule has 1 saturated heterocycles.